The van der Waals surface area contributed by atoms with Gasteiger partial charge in [0.15, 0.2) is 0 Å². The average molecular weight is 251 g/mol. The van der Waals surface area contributed by atoms with Gasteiger partial charge in [0.25, 0.3) is 0 Å². The van der Waals surface area contributed by atoms with E-state index in [1.165, 1.54) is 6.33 Å². The topological polar surface area (TPSA) is 92.9 Å². The molecule has 6 nitrogen and oxygen atoms in total. The van der Waals surface area contributed by atoms with Crippen LogP contribution in [-0.2, 0) is 4.79 Å². The Hall–Kier alpha value is -1.85. The van der Waals surface area contributed by atoms with Gasteiger partial charge in [0.05, 0.1) is 0 Å². The molecule has 0 aliphatic rings. The summed E-state index contributed by atoms with van der Waals surface area (Å²) in [4.78, 5) is 19.0. The first-order valence-corrected chi connectivity index (χ1v) is 6.22. The molecule has 0 radical (unpaired) electrons. The number of anilines is 2. The Balaban J connectivity index is 2.52. The number of aromatic nitrogens is 2. The minimum Gasteiger partial charge on any atom is -0.370 e. The molecule has 0 bridgehead atoms. The molecule has 0 aromatic carbocycles. The first kappa shape index (κ1) is 14.2. The van der Waals surface area contributed by atoms with Gasteiger partial charge in [0, 0.05) is 25.1 Å². The Morgan fingerprint density at radius 2 is 1.89 bits per heavy atom. The number of amides is 1. The van der Waals surface area contributed by atoms with Crippen molar-refractivity contribution in [1.29, 1.82) is 0 Å². The second kappa shape index (κ2) is 7.47. The Kier molecular flexibility index (Phi) is 5.90. The highest BCUT2D eigenvalue weighted by Crippen LogP contribution is 2.17. The first-order valence-electron chi connectivity index (χ1n) is 6.22. The lowest BCUT2D eigenvalue weighted by Gasteiger charge is -2.12. The van der Waals surface area contributed by atoms with Gasteiger partial charge in [-0.25, -0.2) is 9.97 Å². The van der Waals surface area contributed by atoms with Gasteiger partial charge in [0.2, 0.25) is 5.91 Å². The number of nitrogens with zero attached hydrogens (tertiary/aromatic N) is 2. The van der Waals surface area contributed by atoms with Crippen LogP contribution in [0.3, 0.4) is 0 Å². The molecule has 1 rings (SSSR count). The fraction of sp³-hybridized carbons (Fsp3) is 0.583. The second-order valence-electron chi connectivity index (χ2n) is 4.12. The van der Waals surface area contributed by atoms with Crippen LogP contribution >= 0.6 is 0 Å². The van der Waals surface area contributed by atoms with E-state index in [0.29, 0.717) is 19.4 Å². The van der Waals surface area contributed by atoms with Crippen LogP contribution in [0.4, 0.5) is 11.6 Å². The number of carbonyl (C=O) groups excluding carboxylic acids is 1. The maximum atomic E-state index is 10.6. The minimum absolute atomic E-state index is 0.276. The standard InChI is InChI=1S/C12H21N5O/c1-3-6-14-11-9(2)12(17-8-16-11)15-7-4-5-10(13)18/h8H,3-7H2,1-2H3,(H2,13,18)(H2,14,15,16,17). The predicted molar refractivity (Wildman–Crippen MR) is 72.5 cm³/mol. The lowest BCUT2D eigenvalue weighted by molar-refractivity contribution is -0.118. The monoisotopic (exact) mass is 251 g/mol. The molecule has 1 heterocycles. The molecule has 0 spiro atoms. The molecular formula is C12H21N5O. The second-order valence-corrected chi connectivity index (χ2v) is 4.12. The summed E-state index contributed by atoms with van der Waals surface area (Å²) in [5, 5.41) is 6.43. The zero-order valence-corrected chi connectivity index (χ0v) is 11.0. The van der Waals surface area contributed by atoms with E-state index < -0.39 is 0 Å². The third-order valence-electron chi connectivity index (χ3n) is 2.52. The molecule has 6 heteroatoms. The molecule has 100 valence electrons. The molecule has 4 N–H and O–H groups in total. The summed E-state index contributed by atoms with van der Waals surface area (Å²) >= 11 is 0. The van der Waals surface area contributed by atoms with Crippen molar-refractivity contribution in [1.82, 2.24) is 9.97 Å². The normalized spacial score (nSPS) is 10.1. The first-order chi connectivity index (χ1) is 8.65. The van der Waals surface area contributed by atoms with Crippen LogP contribution < -0.4 is 16.4 Å². The number of primary amides is 1. The van der Waals surface area contributed by atoms with Crippen LogP contribution in [0.2, 0.25) is 0 Å². The minimum atomic E-state index is -0.276. The van der Waals surface area contributed by atoms with Crippen molar-refractivity contribution >= 4 is 17.5 Å². The van der Waals surface area contributed by atoms with Crippen LogP contribution in [0.15, 0.2) is 6.33 Å². The van der Waals surface area contributed by atoms with Crippen LogP contribution in [0.25, 0.3) is 0 Å². The summed E-state index contributed by atoms with van der Waals surface area (Å²) in [7, 11) is 0. The van der Waals surface area contributed by atoms with Crippen molar-refractivity contribution in [3.8, 4) is 0 Å². The Labute approximate surface area is 107 Å². The van der Waals surface area contributed by atoms with E-state index in [4.69, 9.17) is 5.73 Å². The summed E-state index contributed by atoms with van der Waals surface area (Å²) in [5.74, 6) is 1.37. The molecule has 1 amide bonds. The molecule has 0 aliphatic carbocycles. The van der Waals surface area contributed by atoms with Gasteiger partial charge in [0.1, 0.15) is 18.0 Å². The number of rotatable bonds is 8. The number of carbonyl (C=O) groups is 1. The highest BCUT2D eigenvalue weighted by molar-refractivity contribution is 5.73. The molecule has 0 aliphatic heterocycles. The van der Waals surface area contributed by atoms with E-state index in [-0.39, 0.29) is 5.91 Å². The molecular weight excluding hydrogens is 230 g/mol. The molecule has 1 aromatic rings. The van der Waals surface area contributed by atoms with Crippen molar-refractivity contribution in [2.24, 2.45) is 5.73 Å². The molecule has 18 heavy (non-hydrogen) atoms. The number of nitrogens with one attached hydrogen (secondary N) is 2. The van der Waals surface area contributed by atoms with Crippen molar-refractivity contribution in [3.63, 3.8) is 0 Å². The van der Waals surface area contributed by atoms with Crippen molar-refractivity contribution in [2.45, 2.75) is 33.1 Å². The maximum Gasteiger partial charge on any atom is 0.217 e. The number of nitrogens with two attached hydrogens (primary N) is 1. The zero-order chi connectivity index (χ0) is 13.4. The fourth-order valence-electron chi connectivity index (χ4n) is 1.52. The van der Waals surface area contributed by atoms with E-state index >= 15 is 0 Å². The summed E-state index contributed by atoms with van der Waals surface area (Å²) < 4.78 is 0. The molecule has 1 aromatic heterocycles. The van der Waals surface area contributed by atoms with Crippen LogP contribution in [-0.4, -0.2) is 29.0 Å². The highest BCUT2D eigenvalue weighted by atomic mass is 16.1. The van der Waals surface area contributed by atoms with Crippen LogP contribution in [0.5, 0.6) is 0 Å². The van der Waals surface area contributed by atoms with Gasteiger partial charge in [-0.15, -0.1) is 0 Å². The highest BCUT2D eigenvalue weighted by Gasteiger charge is 2.05. The van der Waals surface area contributed by atoms with E-state index in [0.717, 1.165) is 30.2 Å². The van der Waals surface area contributed by atoms with Crippen molar-refractivity contribution < 1.29 is 4.79 Å². The summed E-state index contributed by atoms with van der Waals surface area (Å²) in [6, 6.07) is 0. The summed E-state index contributed by atoms with van der Waals surface area (Å²) in [6.45, 7) is 5.63. The van der Waals surface area contributed by atoms with Crippen LogP contribution in [0.1, 0.15) is 31.7 Å². The number of hydrogen-bond donors (Lipinski definition) is 3. The Morgan fingerprint density at radius 3 is 2.44 bits per heavy atom. The van der Waals surface area contributed by atoms with Crippen molar-refractivity contribution in [3.05, 3.63) is 11.9 Å². The average Bonchev–Trinajstić information content (AvgIpc) is 2.34. The lowest BCUT2D eigenvalue weighted by atomic mass is 10.2. The molecule has 0 atom stereocenters. The molecule has 0 fully saturated rings. The van der Waals surface area contributed by atoms with E-state index in [1.54, 1.807) is 0 Å². The van der Waals surface area contributed by atoms with Crippen LogP contribution in [0, 0.1) is 6.92 Å². The Bertz CT molecular complexity index is 394. The smallest absolute Gasteiger partial charge is 0.217 e. The quantitative estimate of drug-likeness (QED) is 0.605. The lowest BCUT2D eigenvalue weighted by Crippen LogP contribution is -2.14. The molecule has 0 saturated carbocycles. The predicted octanol–water partition coefficient (Wildman–Crippen LogP) is 1.28. The summed E-state index contributed by atoms with van der Waals surface area (Å²) in [6.07, 6.45) is 3.67. The number of hydrogen-bond acceptors (Lipinski definition) is 5. The third kappa shape index (κ3) is 4.57. The molecule has 0 saturated heterocycles. The largest absolute Gasteiger partial charge is 0.370 e. The zero-order valence-electron chi connectivity index (χ0n) is 11.0. The van der Waals surface area contributed by atoms with Gasteiger partial charge in [-0.1, -0.05) is 6.92 Å². The van der Waals surface area contributed by atoms with Gasteiger partial charge in [-0.05, 0) is 19.8 Å². The Morgan fingerprint density at radius 1 is 1.28 bits per heavy atom. The SMILES string of the molecule is CCCNc1ncnc(NCCCC(N)=O)c1C. The van der Waals surface area contributed by atoms with E-state index in [2.05, 4.69) is 27.5 Å². The maximum absolute atomic E-state index is 10.6. The third-order valence-corrected chi connectivity index (χ3v) is 2.52. The van der Waals surface area contributed by atoms with E-state index in [9.17, 15) is 4.79 Å². The van der Waals surface area contributed by atoms with Gasteiger partial charge < -0.3 is 16.4 Å². The van der Waals surface area contributed by atoms with Crippen molar-refractivity contribution in [2.75, 3.05) is 23.7 Å². The van der Waals surface area contributed by atoms with Gasteiger partial charge in [-0.2, -0.15) is 0 Å². The fourth-order valence-corrected chi connectivity index (χ4v) is 1.52. The van der Waals surface area contributed by atoms with Gasteiger partial charge >= 0.3 is 0 Å². The van der Waals surface area contributed by atoms with E-state index in [1.807, 2.05) is 6.92 Å². The van der Waals surface area contributed by atoms with Gasteiger partial charge in [-0.3, -0.25) is 4.79 Å². The summed E-state index contributed by atoms with van der Waals surface area (Å²) in [5.41, 5.74) is 6.07. The molecule has 0 unspecified atom stereocenters.